The summed E-state index contributed by atoms with van der Waals surface area (Å²) in [6.07, 6.45) is 1.96. The molecule has 0 fully saturated rings. The van der Waals surface area contributed by atoms with Crippen molar-refractivity contribution in [3.8, 4) is 0 Å². The second kappa shape index (κ2) is 7.62. The molecule has 10 heteroatoms. The Kier molecular flexibility index (Phi) is 5.26. The van der Waals surface area contributed by atoms with Crippen molar-refractivity contribution in [2.45, 2.75) is 26.8 Å². The minimum Gasteiger partial charge on any atom is -0.300 e. The Labute approximate surface area is 157 Å². The highest BCUT2D eigenvalue weighted by atomic mass is 32.1. The smallest absolute Gasteiger partial charge is 0.300 e. The monoisotopic (exact) mass is 389 g/mol. The Balaban J connectivity index is 1.66. The van der Waals surface area contributed by atoms with E-state index in [2.05, 4.69) is 15.4 Å². The average molecular weight is 389 g/mol. The number of rotatable bonds is 6. The Hall–Kier alpha value is -3.14. The van der Waals surface area contributed by atoms with Crippen LogP contribution in [0.1, 0.15) is 21.8 Å². The molecule has 0 aliphatic rings. The van der Waals surface area contributed by atoms with Gasteiger partial charge in [0.25, 0.3) is 0 Å². The molecule has 1 amide bonds. The number of halogens is 1. The lowest BCUT2D eigenvalue weighted by Crippen LogP contribution is -2.20. The first-order valence-corrected chi connectivity index (χ1v) is 8.83. The predicted octanol–water partition coefficient (Wildman–Crippen LogP) is 3.23. The van der Waals surface area contributed by atoms with E-state index in [1.54, 1.807) is 31.3 Å². The van der Waals surface area contributed by atoms with Gasteiger partial charge in [-0.1, -0.05) is 18.2 Å². The van der Waals surface area contributed by atoms with Crippen molar-refractivity contribution >= 4 is 28.1 Å². The van der Waals surface area contributed by atoms with E-state index in [-0.39, 0.29) is 23.7 Å². The molecule has 0 radical (unpaired) electrons. The molecule has 2 aromatic heterocycles. The number of carbonyl (C=O) groups is 1. The first-order chi connectivity index (χ1) is 12.8. The standard InChI is InChI=1S/C17H16FN5O3S/c1-10-16(23(25)26)11(2)22(21-10)9-15(24)20-17-19-8-13(27-17)7-12-5-3-4-6-14(12)18/h3-6,8H,7,9H2,1-2H3,(H,19,20,24). The van der Waals surface area contributed by atoms with Gasteiger partial charge in [0.05, 0.1) is 4.92 Å². The molecule has 0 saturated heterocycles. The fourth-order valence-electron chi connectivity index (χ4n) is 2.68. The summed E-state index contributed by atoms with van der Waals surface area (Å²) < 4.78 is 15.0. The van der Waals surface area contributed by atoms with E-state index in [1.165, 1.54) is 29.0 Å². The zero-order valence-corrected chi connectivity index (χ0v) is 15.4. The molecule has 1 aromatic carbocycles. The molecule has 0 aliphatic carbocycles. The number of nitrogens with zero attached hydrogens (tertiary/aromatic N) is 4. The van der Waals surface area contributed by atoms with Crippen LogP contribution in [-0.2, 0) is 17.8 Å². The first kappa shape index (κ1) is 18.6. The van der Waals surface area contributed by atoms with Gasteiger partial charge < -0.3 is 5.32 Å². The highest BCUT2D eigenvalue weighted by Gasteiger charge is 2.23. The molecule has 0 unspecified atom stereocenters. The minimum atomic E-state index is -0.512. The molecule has 0 atom stereocenters. The Morgan fingerprint density at radius 2 is 2.11 bits per heavy atom. The van der Waals surface area contributed by atoms with E-state index in [9.17, 15) is 19.3 Å². The fraction of sp³-hybridized carbons (Fsp3) is 0.235. The summed E-state index contributed by atoms with van der Waals surface area (Å²) in [5.41, 5.74) is 1.02. The number of thiazole rings is 1. The second-order valence-corrected chi connectivity index (χ2v) is 7.00. The van der Waals surface area contributed by atoms with Crippen molar-refractivity contribution in [2.75, 3.05) is 5.32 Å². The number of anilines is 1. The van der Waals surface area contributed by atoms with Crippen molar-refractivity contribution < 1.29 is 14.1 Å². The molecular formula is C17H16FN5O3S. The number of carbonyl (C=O) groups excluding carboxylic acids is 1. The van der Waals surface area contributed by atoms with Crippen molar-refractivity contribution in [3.05, 3.63) is 68.2 Å². The van der Waals surface area contributed by atoms with Crippen LogP contribution in [0.3, 0.4) is 0 Å². The van der Waals surface area contributed by atoms with Gasteiger partial charge >= 0.3 is 5.69 Å². The normalized spacial score (nSPS) is 10.8. The number of aromatic nitrogens is 3. The minimum absolute atomic E-state index is 0.0933. The maximum absolute atomic E-state index is 13.7. The molecule has 2 heterocycles. The molecule has 1 N–H and O–H groups in total. The summed E-state index contributed by atoms with van der Waals surface area (Å²) in [5, 5.41) is 18.1. The van der Waals surface area contributed by atoms with Gasteiger partial charge in [0, 0.05) is 17.5 Å². The van der Waals surface area contributed by atoms with Crippen LogP contribution in [0.4, 0.5) is 15.2 Å². The van der Waals surface area contributed by atoms with Crippen molar-refractivity contribution in [3.63, 3.8) is 0 Å². The quantitative estimate of drug-likeness (QED) is 0.515. The fourth-order valence-corrected chi connectivity index (χ4v) is 3.53. The number of benzene rings is 1. The van der Waals surface area contributed by atoms with Crippen LogP contribution in [-0.4, -0.2) is 25.6 Å². The average Bonchev–Trinajstić information content (AvgIpc) is 3.13. The van der Waals surface area contributed by atoms with E-state index in [4.69, 9.17) is 0 Å². The van der Waals surface area contributed by atoms with Crippen LogP contribution in [0.2, 0.25) is 0 Å². The van der Waals surface area contributed by atoms with Crippen molar-refractivity contribution in [2.24, 2.45) is 0 Å². The number of hydrogen-bond acceptors (Lipinski definition) is 6. The predicted molar refractivity (Wildman–Crippen MR) is 98.3 cm³/mol. The Bertz CT molecular complexity index is 1010. The molecule has 0 bridgehead atoms. The summed E-state index contributed by atoms with van der Waals surface area (Å²) in [7, 11) is 0. The van der Waals surface area contributed by atoms with E-state index in [0.29, 0.717) is 22.8 Å². The zero-order valence-electron chi connectivity index (χ0n) is 14.6. The van der Waals surface area contributed by atoms with Crippen LogP contribution in [0.5, 0.6) is 0 Å². The highest BCUT2D eigenvalue weighted by Crippen LogP contribution is 2.24. The van der Waals surface area contributed by atoms with Gasteiger partial charge in [-0.3, -0.25) is 19.6 Å². The molecule has 8 nitrogen and oxygen atoms in total. The van der Waals surface area contributed by atoms with Gasteiger partial charge in [0.15, 0.2) is 5.13 Å². The Morgan fingerprint density at radius 3 is 2.78 bits per heavy atom. The van der Waals surface area contributed by atoms with Crippen LogP contribution >= 0.6 is 11.3 Å². The van der Waals surface area contributed by atoms with Crippen LogP contribution < -0.4 is 5.32 Å². The third-order valence-corrected chi connectivity index (χ3v) is 4.85. The van der Waals surface area contributed by atoms with Crippen LogP contribution in [0, 0.1) is 29.8 Å². The van der Waals surface area contributed by atoms with Crippen molar-refractivity contribution in [1.29, 1.82) is 0 Å². The van der Waals surface area contributed by atoms with E-state index in [0.717, 1.165) is 4.88 Å². The largest absolute Gasteiger partial charge is 0.312 e. The van der Waals surface area contributed by atoms with E-state index in [1.807, 2.05) is 0 Å². The first-order valence-electron chi connectivity index (χ1n) is 8.01. The van der Waals surface area contributed by atoms with E-state index >= 15 is 0 Å². The number of nitrogens with one attached hydrogen (secondary N) is 1. The summed E-state index contributed by atoms with van der Waals surface area (Å²) in [6, 6.07) is 6.48. The van der Waals surface area contributed by atoms with Gasteiger partial charge in [-0.05, 0) is 25.5 Å². The Morgan fingerprint density at radius 1 is 1.37 bits per heavy atom. The number of hydrogen-bond donors (Lipinski definition) is 1. The maximum Gasteiger partial charge on any atom is 0.312 e. The summed E-state index contributed by atoms with van der Waals surface area (Å²) in [5.74, 6) is -0.690. The summed E-state index contributed by atoms with van der Waals surface area (Å²) >= 11 is 1.25. The summed E-state index contributed by atoms with van der Waals surface area (Å²) in [4.78, 5) is 27.7. The van der Waals surface area contributed by atoms with Gasteiger partial charge in [-0.25, -0.2) is 9.37 Å². The van der Waals surface area contributed by atoms with Gasteiger partial charge in [-0.2, -0.15) is 5.10 Å². The van der Waals surface area contributed by atoms with Gasteiger partial charge in [-0.15, -0.1) is 11.3 Å². The summed E-state index contributed by atoms with van der Waals surface area (Å²) in [6.45, 7) is 2.90. The van der Waals surface area contributed by atoms with Crippen LogP contribution in [0.15, 0.2) is 30.5 Å². The second-order valence-electron chi connectivity index (χ2n) is 5.88. The topological polar surface area (TPSA) is 103 Å². The molecule has 27 heavy (non-hydrogen) atoms. The molecule has 140 valence electrons. The lowest BCUT2D eigenvalue weighted by atomic mass is 10.1. The third-order valence-electron chi connectivity index (χ3n) is 3.94. The van der Waals surface area contributed by atoms with E-state index < -0.39 is 10.8 Å². The molecule has 0 aliphatic heterocycles. The third kappa shape index (κ3) is 4.17. The lowest BCUT2D eigenvalue weighted by Gasteiger charge is -2.03. The van der Waals surface area contributed by atoms with Crippen molar-refractivity contribution in [1.82, 2.24) is 14.8 Å². The van der Waals surface area contributed by atoms with Crippen LogP contribution in [0.25, 0.3) is 0 Å². The highest BCUT2D eigenvalue weighted by molar-refractivity contribution is 7.15. The molecule has 0 spiro atoms. The molecular weight excluding hydrogens is 373 g/mol. The molecule has 0 saturated carbocycles. The molecule has 3 aromatic rings. The molecule has 3 rings (SSSR count). The maximum atomic E-state index is 13.7. The zero-order chi connectivity index (χ0) is 19.6. The van der Waals surface area contributed by atoms with Gasteiger partial charge in [0.2, 0.25) is 5.91 Å². The number of amides is 1. The number of nitro groups is 1. The van der Waals surface area contributed by atoms with Gasteiger partial charge in [0.1, 0.15) is 23.7 Å². The SMILES string of the molecule is Cc1nn(CC(=O)Nc2ncc(Cc3ccccc3F)s2)c(C)c1[N+](=O)[O-]. The number of aryl methyl sites for hydroxylation is 1. The lowest BCUT2D eigenvalue weighted by molar-refractivity contribution is -0.386.